The van der Waals surface area contributed by atoms with Gasteiger partial charge in [-0.1, -0.05) is 114 Å². The van der Waals surface area contributed by atoms with Crippen LogP contribution < -0.4 is 31.1 Å². The molecule has 4 aromatic rings. The smallest absolute Gasteiger partial charge is 0.411 e. The van der Waals surface area contributed by atoms with Gasteiger partial charge in [-0.2, -0.15) is 0 Å². The first kappa shape index (κ1) is 66.5. The van der Waals surface area contributed by atoms with Crippen LogP contribution in [-0.2, 0) is 51.3 Å². The van der Waals surface area contributed by atoms with Gasteiger partial charge in [0.1, 0.15) is 22.5 Å². The van der Waals surface area contributed by atoms with Crippen molar-refractivity contribution in [1.29, 1.82) is 0 Å². The monoisotopic (exact) mass is 1190 g/mol. The number of carboxylic acid groups (broad SMARTS) is 1. The van der Waals surface area contributed by atoms with Crippen molar-refractivity contribution >= 4 is 64.4 Å². The van der Waals surface area contributed by atoms with Crippen LogP contribution in [0, 0.1) is 23.7 Å². The Morgan fingerprint density at radius 3 is 2.09 bits per heavy atom. The Hall–Kier alpha value is -7.62. The molecular weight excluding hydrogens is 1100 g/mol. The number of aliphatic carboxylic acids is 1. The number of hydroxylamine groups is 1. The number of nitrogens with one attached hydrogen (secondary N) is 4. The van der Waals surface area contributed by atoms with E-state index in [1.54, 1.807) is 72.8 Å². The molecule has 0 spiro atoms. The molecule has 0 radical (unpaired) electrons. The average Bonchev–Trinajstić information content (AvgIpc) is 4.22. The highest BCUT2D eigenvalue weighted by atomic mass is 32.1. The molecule has 2 fully saturated rings. The average molecular weight is 1190 g/mol. The normalized spacial score (nSPS) is 16.7. The minimum Gasteiger partial charge on any atom is -0.484 e. The molecule has 2 aliphatic heterocycles. The number of thiazole rings is 1. The highest BCUT2D eigenvalue weighted by Crippen LogP contribution is 2.32. The number of aromatic nitrogens is 1. The fourth-order valence-corrected chi connectivity index (χ4v) is 11.2. The van der Waals surface area contributed by atoms with E-state index in [9.17, 15) is 38.7 Å². The number of hydrogen-bond acceptors (Lipinski definition) is 15. The van der Waals surface area contributed by atoms with Crippen molar-refractivity contribution < 1.29 is 57.7 Å². The number of esters is 1. The van der Waals surface area contributed by atoms with E-state index in [-0.39, 0.29) is 73.8 Å². The molecule has 21 heteroatoms. The Balaban J connectivity index is 0.952. The number of carbonyl (C=O) groups excluding carboxylic acids is 6. The fraction of sp³-hybridized carbons (Fsp3) is 0.500. The molecule has 5 amide bonds. The molecule has 2 saturated heterocycles. The number of anilines is 2. The van der Waals surface area contributed by atoms with Crippen molar-refractivity contribution in [3.05, 3.63) is 130 Å². The molecule has 2 unspecified atom stereocenters. The van der Waals surface area contributed by atoms with Crippen molar-refractivity contribution in [3.63, 3.8) is 0 Å². The van der Waals surface area contributed by atoms with Gasteiger partial charge in [0.15, 0.2) is 12.7 Å². The second-order valence-corrected chi connectivity index (χ2v) is 23.5. The minimum atomic E-state index is -1.03. The lowest BCUT2D eigenvalue weighted by Gasteiger charge is -2.38. The molecule has 1 aromatic heterocycles. The van der Waals surface area contributed by atoms with E-state index in [2.05, 4.69) is 43.4 Å². The highest BCUT2D eigenvalue weighted by molar-refractivity contribution is 7.09. The first-order valence-corrected chi connectivity index (χ1v) is 30.4. The topological polar surface area (TPSA) is 247 Å². The number of rotatable bonds is 28. The number of piperidine rings is 2. The Morgan fingerprint density at radius 1 is 0.812 bits per heavy atom. The van der Waals surface area contributed by atoms with Crippen LogP contribution >= 0.6 is 11.3 Å². The van der Waals surface area contributed by atoms with E-state index in [0.717, 1.165) is 79.9 Å². The molecular formula is C64H86N8O12S. The van der Waals surface area contributed by atoms with Gasteiger partial charge in [-0.25, -0.2) is 15.3 Å². The summed E-state index contributed by atoms with van der Waals surface area (Å²) in [6, 6.07) is 29.9. The summed E-state index contributed by atoms with van der Waals surface area (Å²) in [5.74, 6) is -3.51. The molecule has 3 aromatic carbocycles. The van der Waals surface area contributed by atoms with Crippen molar-refractivity contribution in [2.75, 3.05) is 57.2 Å². The molecule has 85 heavy (non-hydrogen) atoms. The summed E-state index contributed by atoms with van der Waals surface area (Å²) in [5.41, 5.74) is 5.62. The lowest BCUT2D eigenvalue weighted by atomic mass is 9.92. The summed E-state index contributed by atoms with van der Waals surface area (Å²) in [4.78, 5) is 108. The van der Waals surface area contributed by atoms with Crippen LogP contribution in [0.15, 0.2) is 109 Å². The number of ether oxygens (including phenoxy) is 3. The van der Waals surface area contributed by atoms with Crippen LogP contribution in [0.2, 0.25) is 0 Å². The quantitative estimate of drug-likeness (QED) is 0.0263. The fourth-order valence-electron chi connectivity index (χ4n) is 10.4. The standard InChI is InChI=1S/C64H86N8O12S/c1-9-43(4)58(68-60(76)54-21-17-18-32-70(54)7)62(77)71(8)55(42(2)3)37-56(84-45(6)73)61-67-53(41-85-61)59(75)65-50(35-44(5)63(78)79)36-46-24-28-52(29-25-46)81-40-57(74)69-83-39-47-22-26-49(27-23-47)66-64(80)82-38-48-30-33-72(34-31-48)51-19-15-13-11-10-12-14-16-20-51/h10-16,19-20,22-29,41-44,48,50,54-56,58H,9,17-18,21,30-40H2,1-8H3,(H,65,75)(H,66,80)(H,68,76)(H,69,74)(H,78,79)/t43-,44+,50-,54-,55-,56?,58?/m1/s1. The zero-order valence-electron chi connectivity index (χ0n) is 50.3. The van der Waals surface area contributed by atoms with Gasteiger partial charge in [0, 0.05) is 62.3 Å². The third-order valence-corrected chi connectivity index (χ3v) is 16.6. The predicted molar refractivity (Wildman–Crippen MR) is 326 cm³/mol. The number of hydrogen-bond donors (Lipinski definition) is 5. The van der Waals surface area contributed by atoms with Crippen LogP contribution in [0.4, 0.5) is 16.2 Å². The van der Waals surface area contributed by atoms with E-state index in [1.807, 2.05) is 82.1 Å². The Labute approximate surface area is 504 Å². The van der Waals surface area contributed by atoms with Crippen molar-refractivity contribution in [2.24, 2.45) is 23.7 Å². The number of carbonyl (C=O) groups is 7. The number of nitrogens with zero attached hydrogens (tertiary/aromatic N) is 4. The van der Waals surface area contributed by atoms with Crippen molar-refractivity contribution in [2.45, 2.75) is 136 Å². The molecule has 7 atom stereocenters. The summed E-state index contributed by atoms with van der Waals surface area (Å²) in [5, 5.41) is 20.5. The maximum absolute atomic E-state index is 14.4. The highest BCUT2D eigenvalue weighted by Gasteiger charge is 2.38. The minimum absolute atomic E-state index is 0.0496. The summed E-state index contributed by atoms with van der Waals surface area (Å²) >= 11 is 1.13. The first-order chi connectivity index (χ1) is 40.8. The Morgan fingerprint density at radius 2 is 1.47 bits per heavy atom. The molecule has 6 rings (SSSR count). The number of amides is 5. The number of likely N-dealkylation sites (N-methyl/N-ethyl adjacent to an activating group) is 2. The second-order valence-electron chi connectivity index (χ2n) is 22.6. The summed E-state index contributed by atoms with van der Waals surface area (Å²) < 4.78 is 17.1. The molecule has 20 nitrogen and oxygen atoms in total. The molecule has 460 valence electrons. The molecule has 0 saturated carbocycles. The van der Waals surface area contributed by atoms with Gasteiger partial charge in [0.05, 0.1) is 25.2 Å². The second kappa shape index (κ2) is 33.8. The molecule has 5 N–H and O–H groups in total. The lowest BCUT2D eigenvalue weighted by Crippen LogP contribution is -2.58. The first-order valence-electron chi connectivity index (χ1n) is 29.5. The van der Waals surface area contributed by atoms with Crippen molar-refractivity contribution in [1.82, 2.24) is 30.9 Å². The predicted octanol–water partition coefficient (Wildman–Crippen LogP) is 9.30. The Bertz CT molecular complexity index is 2860. The maximum atomic E-state index is 14.4. The van der Waals surface area contributed by atoms with Gasteiger partial charge >= 0.3 is 18.0 Å². The van der Waals surface area contributed by atoms with Gasteiger partial charge < -0.3 is 39.8 Å². The van der Waals surface area contributed by atoms with Gasteiger partial charge in [-0.15, -0.1) is 11.3 Å². The summed E-state index contributed by atoms with van der Waals surface area (Å²) in [7, 11) is 3.63. The largest absolute Gasteiger partial charge is 0.484 e. The van der Waals surface area contributed by atoms with E-state index in [1.165, 1.54) is 6.92 Å². The SMILES string of the molecule is CC[C@@H](C)C(NC(=O)[C@H]1CCCCN1C)C(=O)N(C)[C@H](CC(OC(C)=O)c1nc(C(=O)N[C@@H](Cc2ccc(OCC(=O)NOCc3ccc(NC(=O)OCC4CCN(c5ccccccccc5)CC4)cc3)cc2)C[C@H](C)C(=O)O)cs1)C(C)C. The Kier molecular flexibility index (Phi) is 26.4. The van der Waals surface area contributed by atoms with Crippen molar-refractivity contribution in [3.8, 4) is 5.75 Å². The van der Waals surface area contributed by atoms with Crippen LogP contribution in [-0.4, -0.2) is 133 Å². The number of carboxylic acids is 1. The third kappa shape index (κ3) is 21.4. The zero-order valence-corrected chi connectivity index (χ0v) is 51.1. The van der Waals surface area contributed by atoms with Crippen LogP contribution in [0.3, 0.4) is 0 Å². The maximum Gasteiger partial charge on any atom is 0.411 e. The number of benzene rings is 2. The van der Waals surface area contributed by atoms with E-state index in [0.29, 0.717) is 29.5 Å². The zero-order chi connectivity index (χ0) is 61.4. The summed E-state index contributed by atoms with van der Waals surface area (Å²) in [6.07, 6.45) is 4.23. The van der Waals surface area contributed by atoms with Gasteiger partial charge in [0.25, 0.3) is 11.8 Å². The molecule has 2 aliphatic rings. The van der Waals surface area contributed by atoms with E-state index >= 15 is 0 Å². The summed E-state index contributed by atoms with van der Waals surface area (Å²) in [6.45, 7) is 13.3. The van der Waals surface area contributed by atoms with Crippen LogP contribution in [0.25, 0.3) is 0 Å². The lowest BCUT2D eigenvalue weighted by molar-refractivity contribution is -0.149. The number of likely N-dealkylation sites (tertiary alicyclic amines) is 1. The van der Waals surface area contributed by atoms with Gasteiger partial charge in [-0.05, 0) is 117 Å². The third-order valence-electron chi connectivity index (χ3n) is 15.7. The molecule has 0 bridgehead atoms. The van der Waals surface area contributed by atoms with E-state index < -0.39 is 60.0 Å². The van der Waals surface area contributed by atoms with E-state index in [4.69, 9.17) is 19.0 Å². The van der Waals surface area contributed by atoms with Gasteiger partial charge in [0.2, 0.25) is 11.8 Å². The van der Waals surface area contributed by atoms with Gasteiger partial charge in [-0.3, -0.25) is 43.8 Å². The molecule has 3 heterocycles. The molecule has 0 aliphatic carbocycles. The van der Waals surface area contributed by atoms with Crippen LogP contribution in [0.5, 0.6) is 5.75 Å². The van der Waals surface area contributed by atoms with Crippen LogP contribution in [0.1, 0.15) is 126 Å².